The maximum absolute atomic E-state index is 13.3. The maximum Gasteiger partial charge on any atom is 0.268 e. The highest BCUT2D eigenvalue weighted by molar-refractivity contribution is 14.1. The molecule has 3 nitrogen and oxygen atoms in total. The smallest absolute Gasteiger partial charge is 0.268 e. The molecule has 0 saturated carbocycles. The molecule has 0 aliphatic rings. The Labute approximate surface area is 126 Å². The van der Waals surface area contributed by atoms with Gasteiger partial charge in [-0.2, -0.15) is 0 Å². The Morgan fingerprint density at radius 2 is 2.11 bits per heavy atom. The van der Waals surface area contributed by atoms with E-state index in [1.54, 1.807) is 6.07 Å². The molecule has 0 radical (unpaired) electrons. The van der Waals surface area contributed by atoms with Gasteiger partial charge in [0.25, 0.3) is 5.56 Å². The Morgan fingerprint density at radius 1 is 1.39 bits per heavy atom. The van der Waals surface area contributed by atoms with Crippen LogP contribution in [0, 0.1) is 9.39 Å². The molecule has 0 aliphatic heterocycles. The third kappa shape index (κ3) is 2.67. The van der Waals surface area contributed by atoms with Crippen molar-refractivity contribution in [3.05, 3.63) is 60.0 Å². The molecule has 0 atom stereocenters. The average Bonchev–Trinajstić information content (AvgIpc) is 2.35. The van der Waals surface area contributed by atoms with Crippen LogP contribution in [-0.4, -0.2) is 9.55 Å². The van der Waals surface area contributed by atoms with Crippen molar-refractivity contribution < 1.29 is 4.39 Å². The van der Waals surface area contributed by atoms with Gasteiger partial charge in [0, 0.05) is 0 Å². The number of nitrogens with zero attached hydrogens (tertiary/aromatic N) is 2. The number of halogens is 4. The fourth-order valence-corrected chi connectivity index (χ4v) is 2.17. The third-order valence-electron chi connectivity index (χ3n) is 2.31. The first kappa shape index (κ1) is 13.8. The first-order valence-corrected chi connectivity index (χ1v) is 6.67. The highest BCUT2D eigenvalue weighted by atomic mass is 127. The lowest BCUT2D eigenvalue weighted by atomic mass is 10.2. The molecule has 2 rings (SSSR count). The summed E-state index contributed by atoms with van der Waals surface area (Å²) in [7, 11) is 0. The SMILES string of the molecule is O=c1c(I)c(Cl)ncn1Cc1cccc(F)c1Cl. The Balaban J connectivity index is 2.44. The van der Waals surface area contributed by atoms with Crippen LogP contribution in [0.1, 0.15) is 5.56 Å². The molecule has 0 bridgehead atoms. The second-order valence-electron chi connectivity index (χ2n) is 3.50. The van der Waals surface area contributed by atoms with E-state index >= 15 is 0 Å². The molecule has 1 aromatic heterocycles. The van der Waals surface area contributed by atoms with E-state index in [2.05, 4.69) is 4.98 Å². The molecule has 0 fully saturated rings. The minimum atomic E-state index is -0.515. The van der Waals surface area contributed by atoms with Crippen LogP contribution < -0.4 is 5.56 Å². The molecule has 0 saturated heterocycles. The van der Waals surface area contributed by atoms with E-state index in [1.165, 1.54) is 23.0 Å². The fraction of sp³-hybridized carbons (Fsp3) is 0.0909. The van der Waals surface area contributed by atoms with E-state index in [0.717, 1.165) is 0 Å². The molecule has 18 heavy (non-hydrogen) atoms. The van der Waals surface area contributed by atoms with Gasteiger partial charge in [0.05, 0.1) is 17.9 Å². The Hall–Kier alpha value is -0.660. The zero-order chi connectivity index (χ0) is 13.3. The lowest BCUT2D eigenvalue weighted by Gasteiger charge is -2.08. The quantitative estimate of drug-likeness (QED) is 0.574. The second kappa shape index (κ2) is 5.54. The van der Waals surface area contributed by atoms with Crippen molar-refractivity contribution in [2.75, 3.05) is 0 Å². The Kier molecular flexibility index (Phi) is 4.24. The van der Waals surface area contributed by atoms with Crippen molar-refractivity contribution in [2.45, 2.75) is 6.54 Å². The van der Waals surface area contributed by atoms with Crippen LogP contribution >= 0.6 is 45.8 Å². The van der Waals surface area contributed by atoms with Crippen molar-refractivity contribution in [1.82, 2.24) is 9.55 Å². The van der Waals surface area contributed by atoms with Crippen molar-refractivity contribution in [1.29, 1.82) is 0 Å². The summed E-state index contributed by atoms with van der Waals surface area (Å²) >= 11 is 13.4. The van der Waals surface area contributed by atoms with Crippen LogP contribution in [0.3, 0.4) is 0 Å². The van der Waals surface area contributed by atoms with Gasteiger partial charge < -0.3 is 0 Å². The van der Waals surface area contributed by atoms with E-state index in [9.17, 15) is 9.18 Å². The molecular weight excluding hydrogens is 393 g/mol. The summed E-state index contributed by atoms with van der Waals surface area (Å²) in [5, 5.41) is 0.163. The summed E-state index contributed by atoms with van der Waals surface area (Å²) in [5.74, 6) is -0.515. The minimum Gasteiger partial charge on any atom is -0.294 e. The molecule has 2 aromatic rings. The molecule has 94 valence electrons. The summed E-state index contributed by atoms with van der Waals surface area (Å²) in [4.78, 5) is 15.8. The average molecular weight is 399 g/mol. The van der Waals surface area contributed by atoms with Crippen molar-refractivity contribution in [2.24, 2.45) is 0 Å². The molecule has 7 heteroatoms. The second-order valence-corrected chi connectivity index (χ2v) is 5.31. The van der Waals surface area contributed by atoms with Crippen LogP contribution in [0.25, 0.3) is 0 Å². The maximum atomic E-state index is 13.3. The molecule has 0 amide bonds. The molecule has 0 spiro atoms. The van der Waals surface area contributed by atoms with Gasteiger partial charge in [0.1, 0.15) is 14.5 Å². The molecule has 0 unspecified atom stereocenters. The fourth-order valence-electron chi connectivity index (χ4n) is 1.41. The predicted molar refractivity (Wildman–Crippen MR) is 76.7 cm³/mol. The zero-order valence-corrected chi connectivity index (χ0v) is 12.5. The topological polar surface area (TPSA) is 34.9 Å². The molecular formula is C11H6Cl2FIN2O. The van der Waals surface area contributed by atoms with Crippen LogP contribution in [-0.2, 0) is 6.54 Å². The number of benzene rings is 1. The molecule has 1 aromatic carbocycles. The standard InChI is InChI=1S/C11H6Cl2FIN2O/c12-8-6(2-1-3-7(8)14)4-17-5-16-10(13)9(15)11(17)18/h1-3,5H,4H2. The lowest BCUT2D eigenvalue weighted by Crippen LogP contribution is -2.23. The number of hydrogen-bond acceptors (Lipinski definition) is 2. The number of hydrogen-bond donors (Lipinski definition) is 0. The van der Waals surface area contributed by atoms with Gasteiger partial charge in [0.15, 0.2) is 0 Å². The number of aromatic nitrogens is 2. The monoisotopic (exact) mass is 398 g/mol. The largest absolute Gasteiger partial charge is 0.294 e. The van der Waals surface area contributed by atoms with E-state index in [-0.39, 0.29) is 22.3 Å². The van der Waals surface area contributed by atoms with Crippen LogP contribution in [0.2, 0.25) is 10.2 Å². The third-order valence-corrected chi connectivity index (χ3v) is 4.31. The van der Waals surface area contributed by atoms with E-state index in [0.29, 0.717) is 9.13 Å². The minimum absolute atomic E-state index is 0.00866. The van der Waals surface area contributed by atoms with Gasteiger partial charge in [-0.1, -0.05) is 35.3 Å². The lowest BCUT2D eigenvalue weighted by molar-refractivity contribution is 0.622. The number of rotatable bonds is 2. The van der Waals surface area contributed by atoms with Gasteiger partial charge in [-0.15, -0.1) is 0 Å². The Morgan fingerprint density at radius 3 is 2.83 bits per heavy atom. The van der Waals surface area contributed by atoms with Crippen LogP contribution in [0.4, 0.5) is 4.39 Å². The summed E-state index contributed by atoms with van der Waals surface area (Å²) in [6.45, 7) is 0.148. The van der Waals surface area contributed by atoms with Crippen LogP contribution in [0.15, 0.2) is 29.3 Å². The van der Waals surface area contributed by atoms with E-state index < -0.39 is 5.82 Å². The normalized spacial score (nSPS) is 10.7. The Bertz CT molecular complexity index is 660. The molecule has 1 heterocycles. The van der Waals surface area contributed by atoms with E-state index in [4.69, 9.17) is 23.2 Å². The summed E-state index contributed by atoms with van der Waals surface area (Å²) in [5.41, 5.74) is 0.231. The first-order valence-electron chi connectivity index (χ1n) is 4.84. The zero-order valence-electron chi connectivity index (χ0n) is 8.83. The van der Waals surface area contributed by atoms with Gasteiger partial charge in [-0.25, -0.2) is 9.37 Å². The van der Waals surface area contributed by atoms with Crippen molar-refractivity contribution >= 4 is 45.8 Å². The van der Waals surface area contributed by atoms with Crippen LogP contribution in [0.5, 0.6) is 0 Å². The van der Waals surface area contributed by atoms with Crippen molar-refractivity contribution in [3.8, 4) is 0 Å². The van der Waals surface area contributed by atoms with Gasteiger partial charge >= 0.3 is 0 Å². The predicted octanol–water partition coefficient (Wildman–Crippen LogP) is 3.34. The first-order chi connectivity index (χ1) is 8.50. The van der Waals surface area contributed by atoms with Crippen molar-refractivity contribution in [3.63, 3.8) is 0 Å². The highest BCUT2D eigenvalue weighted by Gasteiger charge is 2.10. The van der Waals surface area contributed by atoms with E-state index in [1.807, 2.05) is 22.6 Å². The summed E-state index contributed by atoms with van der Waals surface area (Å²) in [6, 6.07) is 4.45. The molecule has 0 N–H and O–H groups in total. The summed E-state index contributed by atoms with van der Waals surface area (Å²) < 4.78 is 14.9. The van der Waals surface area contributed by atoms with Gasteiger partial charge in [0.2, 0.25) is 0 Å². The molecule has 0 aliphatic carbocycles. The van der Waals surface area contributed by atoms with Gasteiger partial charge in [-0.05, 0) is 34.2 Å². The van der Waals surface area contributed by atoms with Gasteiger partial charge in [-0.3, -0.25) is 9.36 Å². The highest BCUT2D eigenvalue weighted by Crippen LogP contribution is 2.20. The summed E-state index contributed by atoms with van der Waals surface area (Å²) in [6.07, 6.45) is 1.31.